The van der Waals surface area contributed by atoms with Gasteiger partial charge >= 0.3 is 5.97 Å². The van der Waals surface area contributed by atoms with Crippen molar-refractivity contribution in [3.63, 3.8) is 0 Å². The van der Waals surface area contributed by atoms with Gasteiger partial charge in [-0.3, -0.25) is 0 Å². The quantitative estimate of drug-likeness (QED) is 0.849. The van der Waals surface area contributed by atoms with Crippen LogP contribution in [0.1, 0.15) is 35.9 Å². The molecule has 0 radical (unpaired) electrons. The third-order valence-corrected chi connectivity index (χ3v) is 3.29. The molecule has 0 saturated carbocycles. The monoisotopic (exact) mass is 292 g/mol. The van der Waals surface area contributed by atoms with Crippen molar-refractivity contribution < 1.29 is 19.7 Å². The Labute approximate surface area is 123 Å². The molecule has 2 rings (SSSR count). The number of aliphatic hydroxyl groups excluding tert-OH is 1. The van der Waals surface area contributed by atoms with Crippen molar-refractivity contribution >= 4 is 17.0 Å². The Balaban J connectivity index is 2.53. The van der Waals surface area contributed by atoms with Crippen LogP contribution in [0, 0.1) is 0 Å². The lowest BCUT2D eigenvalue weighted by Gasteiger charge is -2.15. The number of fused-ring (bicyclic) bond motifs is 1. The van der Waals surface area contributed by atoms with Crippen LogP contribution in [0.2, 0.25) is 0 Å². The molecule has 0 spiro atoms. The number of carbonyl (C=O) groups is 1. The molecule has 2 N–H and O–H groups in total. The number of aliphatic hydroxyl groups is 1. The Morgan fingerprint density at radius 3 is 2.71 bits per heavy atom. The van der Waals surface area contributed by atoms with Crippen LogP contribution in [-0.2, 0) is 11.3 Å². The average molecular weight is 292 g/mol. The number of carboxylic acids is 1. The zero-order valence-electron chi connectivity index (χ0n) is 12.4. The maximum atomic E-state index is 11.1. The third kappa shape index (κ3) is 3.22. The number of aromatic carboxylic acids is 1. The highest BCUT2D eigenvalue weighted by Crippen LogP contribution is 2.23. The van der Waals surface area contributed by atoms with Crippen LogP contribution in [0.5, 0.6) is 0 Å². The second-order valence-corrected chi connectivity index (χ2v) is 5.35. The lowest BCUT2D eigenvalue weighted by molar-refractivity contribution is 0.0537. The number of benzene rings is 1. The van der Waals surface area contributed by atoms with Gasteiger partial charge in [0, 0.05) is 13.0 Å². The average Bonchev–Trinajstić information content (AvgIpc) is 2.77. The van der Waals surface area contributed by atoms with E-state index >= 15 is 0 Å². The van der Waals surface area contributed by atoms with Gasteiger partial charge in [0.05, 0.1) is 35.9 Å². The van der Waals surface area contributed by atoms with Gasteiger partial charge in [-0.1, -0.05) is 13.8 Å². The van der Waals surface area contributed by atoms with E-state index in [1.54, 1.807) is 12.1 Å². The standard InChI is InChI=1S/C15H20N2O4/c1-9(2)14-16-12-5-4-10(15(19)20)6-13(12)17(14)7-11(18)8-21-3/h4-6,9,11,18H,7-8H2,1-3H3,(H,19,20). The maximum absolute atomic E-state index is 11.1. The number of imidazole rings is 1. The Hall–Kier alpha value is -1.92. The second kappa shape index (κ2) is 6.24. The summed E-state index contributed by atoms with van der Waals surface area (Å²) in [4.78, 5) is 15.7. The molecule has 0 bridgehead atoms. The highest BCUT2D eigenvalue weighted by molar-refractivity contribution is 5.92. The molecule has 114 valence electrons. The molecule has 0 amide bonds. The van der Waals surface area contributed by atoms with Crippen molar-refractivity contribution in [2.75, 3.05) is 13.7 Å². The van der Waals surface area contributed by atoms with Crippen molar-refractivity contribution in [2.45, 2.75) is 32.4 Å². The summed E-state index contributed by atoms with van der Waals surface area (Å²) in [5, 5.41) is 19.1. The lowest BCUT2D eigenvalue weighted by Crippen LogP contribution is -2.22. The van der Waals surface area contributed by atoms with Gasteiger partial charge in [0.15, 0.2) is 0 Å². The molecule has 6 heteroatoms. The zero-order valence-corrected chi connectivity index (χ0v) is 12.4. The summed E-state index contributed by atoms with van der Waals surface area (Å²) in [6.45, 7) is 4.56. The summed E-state index contributed by atoms with van der Waals surface area (Å²) in [5.41, 5.74) is 1.65. The normalized spacial score (nSPS) is 13.0. The van der Waals surface area contributed by atoms with Crippen molar-refractivity contribution in [1.29, 1.82) is 0 Å². The van der Waals surface area contributed by atoms with Gasteiger partial charge < -0.3 is 19.5 Å². The van der Waals surface area contributed by atoms with Crippen molar-refractivity contribution in [1.82, 2.24) is 9.55 Å². The number of rotatable bonds is 6. The first-order chi connectivity index (χ1) is 9.93. The lowest BCUT2D eigenvalue weighted by atomic mass is 10.2. The Bertz CT molecular complexity index is 648. The first-order valence-corrected chi connectivity index (χ1v) is 6.84. The Morgan fingerprint density at radius 2 is 2.14 bits per heavy atom. The van der Waals surface area contributed by atoms with Crippen LogP contribution in [0.25, 0.3) is 11.0 Å². The number of methoxy groups -OCH3 is 1. The van der Waals surface area contributed by atoms with E-state index in [-0.39, 0.29) is 18.1 Å². The summed E-state index contributed by atoms with van der Waals surface area (Å²) in [5.74, 6) is 0.0105. The highest BCUT2D eigenvalue weighted by Gasteiger charge is 2.17. The summed E-state index contributed by atoms with van der Waals surface area (Å²) in [6.07, 6.45) is -0.668. The fourth-order valence-electron chi connectivity index (χ4n) is 2.36. The van der Waals surface area contributed by atoms with Crippen LogP contribution in [-0.4, -0.2) is 45.6 Å². The predicted molar refractivity (Wildman–Crippen MR) is 78.7 cm³/mol. The molecule has 6 nitrogen and oxygen atoms in total. The molecule has 1 atom stereocenters. The first kappa shape index (κ1) is 15.5. The minimum atomic E-state index is -0.979. The number of aromatic nitrogens is 2. The largest absolute Gasteiger partial charge is 0.478 e. The molecule has 0 aliphatic rings. The molecule has 21 heavy (non-hydrogen) atoms. The van der Waals surface area contributed by atoms with E-state index in [1.807, 2.05) is 18.4 Å². The molecular weight excluding hydrogens is 272 g/mol. The minimum Gasteiger partial charge on any atom is -0.478 e. The molecule has 0 saturated heterocycles. The molecule has 0 aliphatic carbocycles. The first-order valence-electron chi connectivity index (χ1n) is 6.84. The Kier molecular flexibility index (Phi) is 4.59. The molecule has 0 aliphatic heterocycles. The van der Waals surface area contributed by atoms with Gasteiger partial charge in [-0.05, 0) is 18.2 Å². The van der Waals surface area contributed by atoms with Crippen molar-refractivity contribution in [3.05, 3.63) is 29.6 Å². The topological polar surface area (TPSA) is 84.6 Å². The Morgan fingerprint density at radius 1 is 1.43 bits per heavy atom. The third-order valence-electron chi connectivity index (χ3n) is 3.29. The van der Waals surface area contributed by atoms with Crippen LogP contribution in [0.3, 0.4) is 0 Å². The van der Waals surface area contributed by atoms with E-state index in [0.29, 0.717) is 12.1 Å². The van der Waals surface area contributed by atoms with Gasteiger partial charge in [-0.2, -0.15) is 0 Å². The van der Waals surface area contributed by atoms with Crippen LogP contribution < -0.4 is 0 Å². The van der Waals surface area contributed by atoms with E-state index in [2.05, 4.69) is 4.98 Å². The fraction of sp³-hybridized carbons (Fsp3) is 0.467. The molecule has 1 heterocycles. The minimum absolute atomic E-state index is 0.167. The van der Waals surface area contributed by atoms with Crippen LogP contribution >= 0.6 is 0 Å². The predicted octanol–water partition coefficient (Wildman–Crippen LogP) is 1.87. The zero-order chi connectivity index (χ0) is 15.6. The molecular formula is C15H20N2O4. The van der Waals surface area contributed by atoms with Crippen LogP contribution in [0.15, 0.2) is 18.2 Å². The number of nitrogens with zero attached hydrogens (tertiary/aromatic N) is 2. The van der Waals surface area contributed by atoms with E-state index in [4.69, 9.17) is 9.84 Å². The maximum Gasteiger partial charge on any atom is 0.335 e. The van der Waals surface area contributed by atoms with Gasteiger partial charge in [0.2, 0.25) is 0 Å². The number of hydrogen-bond acceptors (Lipinski definition) is 4. The van der Waals surface area contributed by atoms with E-state index in [1.165, 1.54) is 13.2 Å². The summed E-state index contributed by atoms with van der Waals surface area (Å²) < 4.78 is 6.82. The van der Waals surface area contributed by atoms with Gasteiger partial charge in [-0.25, -0.2) is 9.78 Å². The van der Waals surface area contributed by atoms with Gasteiger partial charge in [0.1, 0.15) is 5.82 Å². The summed E-state index contributed by atoms with van der Waals surface area (Å²) in [6, 6.07) is 4.83. The second-order valence-electron chi connectivity index (χ2n) is 5.35. The fourth-order valence-corrected chi connectivity index (χ4v) is 2.36. The molecule has 1 aromatic carbocycles. The van der Waals surface area contributed by atoms with Crippen molar-refractivity contribution in [3.8, 4) is 0 Å². The van der Waals surface area contributed by atoms with Gasteiger partial charge in [0.25, 0.3) is 0 Å². The van der Waals surface area contributed by atoms with Gasteiger partial charge in [-0.15, -0.1) is 0 Å². The van der Waals surface area contributed by atoms with E-state index < -0.39 is 12.1 Å². The SMILES string of the molecule is COCC(O)Cn1c(C(C)C)nc2ccc(C(=O)O)cc21. The summed E-state index contributed by atoms with van der Waals surface area (Å²) >= 11 is 0. The molecule has 1 unspecified atom stereocenters. The molecule has 2 aromatic rings. The van der Waals surface area contributed by atoms with E-state index in [0.717, 1.165) is 11.3 Å². The van der Waals surface area contributed by atoms with Crippen LogP contribution in [0.4, 0.5) is 0 Å². The molecule has 1 aromatic heterocycles. The number of hydrogen-bond donors (Lipinski definition) is 2. The smallest absolute Gasteiger partial charge is 0.335 e. The number of ether oxygens (including phenoxy) is 1. The van der Waals surface area contributed by atoms with Crippen molar-refractivity contribution in [2.24, 2.45) is 0 Å². The highest BCUT2D eigenvalue weighted by atomic mass is 16.5. The molecule has 0 fully saturated rings. The summed E-state index contributed by atoms with van der Waals surface area (Å²) in [7, 11) is 1.53. The van der Waals surface area contributed by atoms with E-state index in [9.17, 15) is 9.90 Å². The number of carboxylic acid groups (broad SMARTS) is 1.